The van der Waals surface area contributed by atoms with Crippen LogP contribution in [0.15, 0.2) is 94.3 Å². The van der Waals surface area contributed by atoms with Gasteiger partial charge in [0.2, 0.25) is 0 Å². The fourth-order valence-electron chi connectivity index (χ4n) is 6.75. The van der Waals surface area contributed by atoms with E-state index in [9.17, 15) is 13.2 Å². The maximum atomic E-state index is 12.9. The van der Waals surface area contributed by atoms with Crippen LogP contribution in [0.5, 0.6) is 5.75 Å². The van der Waals surface area contributed by atoms with Crippen molar-refractivity contribution in [2.45, 2.75) is 75.2 Å². The van der Waals surface area contributed by atoms with E-state index in [1.807, 2.05) is 30.3 Å². The summed E-state index contributed by atoms with van der Waals surface area (Å²) < 4.78 is 40.1. The molecule has 3 atom stereocenters. The maximum absolute atomic E-state index is 12.9. The highest BCUT2D eigenvalue weighted by Crippen LogP contribution is 2.61. The molecule has 2 fully saturated rings. The Morgan fingerprint density at radius 2 is 1.57 bits per heavy atom. The predicted octanol–water partition coefficient (Wildman–Crippen LogP) is 10.7. The van der Waals surface area contributed by atoms with Crippen LogP contribution in [0.3, 0.4) is 0 Å². The van der Waals surface area contributed by atoms with E-state index in [4.69, 9.17) is 44.1 Å². The summed E-state index contributed by atoms with van der Waals surface area (Å²) in [5.74, 6) is 1.72. The summed E-state index contributed by atoms with van der Waals surface area (Å²) in [5.41, 5.74) is 5.24. The molecule has 7 rings (SSSR count). The van der Waals surface area contributed by atoms with Crippen LogP contribution in [0.1, 0.15) is 96.7 Å². The van der Waals surface area contributed by atoms with Gasteiger partial charge in [-0.25, -0.2) is 13.1 Å². The third-order valence-electron chi connectivity index (χ3n) is 9.87. The molecular weight excluding hydrogens is 727 g/mol. The zero-order chi connectivity index (χ0) is 36.2. The van der Waals surface area contributed by atoms with E-state index in [-0.39, 0.29) is 34.3 Å². The van der Waals surface area contributed by atoms with Crippen molar-refractivity contribution in [3.63, 3.8) is 0 Å². The number of sulfonamides is 1. The van der Waals surface area contributed by atoms with Gasteiger partial charge in [-0.1, -0.05) is 104 Å². The first-order chi connectivity index (χ1) is 24.2. The van der Waals surface area contributed by atoms with Crippen molar-refractivity contribution in [3.05, 3.63) is 134 Å². The van der Waals surface area contributed by atoms with Gasteiger partial charge in [0.25, 0.3) is 15.9 Å². The van der Waals surface area contributed by atoms with Gasteiger partial charge in [0.05, 0.1) is 20.5 Å². The number of hydrogen-bond acceptors (Lipinski definition) is 6. The number of halogens is 3. The van der Waals surface area contributed by atoms with Crippen LogP contribution < -0.4 is 9.46 Å². The van der Waals surface area contributed by atoms with Gasteiger partial charge in [-0.15, -0.1) is 0 Å². The molecule has 2 aliphatic carbocycles. The summed E-state index contributed by atoms with van der Waals surface area (Å²) in [6.07, 6.45) is 2.06. The highest BCUT2D eigenvalue weighted by molar-refractivity contribution is 7.90. The third kappa shape index (κ3) is 7.29. The van der Waals surface area contributed by atoms with Gasteiger partial charge in [-0.2, -0.15) is 0 Å². The number of hydrogen-bond donors (Lipinski definition) is 1. The molecule has 1 aromatic heterocycles. The normalized spacial score (nSPS) is 18.8. The second-order valence-electron chi connectivity index (χ2n) is 14.5. The third-order valence-corrected chi connectivity index (χ3v) is 12.2. The second-order valence-corrected chi connectivity index (χ2v) is 17.4. The average molecular weight is 764 g/mol. The minimum absolute atomic E-state index is 0.0386. The number of carbonyl (C=O) groups is 1. The molecule has 4 aromatic carbocycles. The first-order valence-electron chi connectivity index (χ1n) is 16.9. The zero-order valence-electron chi connectivity index (χ0n) is 28.5. The Balaban J connectivity index is 1.01. The molecule has 2 saturated carbocycles. The van der Waals surface area contributed by atoms with Crippen LogP contribution in [0.2, 0.25) is 15.1 Å². The van der Waals surface area contributed by atoms with Crippen molar-refractivity contribution >= 4 is 50.7 Å². The Labute approximate surface area is 313 Å². The van der Waals surface area contributed by atoms with E-state index in [1.54, 1.807) is 42.5 Å². The van der Waals surface area contributed by atoms with Crippen LogP contribution in [0, 0.1) is 5.92 Å². The maximum Gasteiger partial charge on any atom is 0.264 e. The van der Waals surface area contributed by atoms with E-state index < -0.39 is 15.9 Å². The topological polar surface area (TPSA) is 98.5 Å². The molecule has 0 spiro atoms. The van der Waals surface area contributed by atoms with Gasteiger partial charge >= 0.3 is 0 Å². The molecule has 2 aliphatic rings. The Morgan fingerprint density at radius 1 is 0.902 bits per heavy atom. The van der Waals surface area contributed by atoms with Crippen molar-refractivity contribution in [2.24, 2.45) is 5.92 Å². The second kappa shape index (κ2) is 13.6. The van der Waals surface area contributed by atoms with Crippen LogP contribution >= 0.6 is 34.8 Å². The number of ether oxygens (including phenoxy) is 1. The summed E-state index contributed by atoms with van der Waals surface area (Å²) >= 11 is 19.9. The lowest BCUT2D eigenvalue weighted by atomic mass is 9.87. The van der Waals surface area contributed by atoms with E-state index >= 15 is 0 Å². The van der Waals surface area contributed by atoms with Crippen LogP contribution in [-0.4, -0.2) is 19.5 Å². The quantitative estimate of drug-likeness (QED) is 0.152. The zero-order valence-corrected chi connectivity index (χ0v) is 31.6. The number of amides is 1. The highest BCUT2D eigenvalue weighted by Gasteiger charge is 2.49. The lowest BCUT2D eigenvalue weighted by Gasteiger charge is -2.19. The Kier molecular flexibility index (Phi) is 9.50. The monoisotopic (exact) mass is 762 g/mol. The largest absolute Gasteiger partial charge is 0.489 e. The van der Waals surface area contributed by atoms with E-state index in [0.717, 1.165) is 40.9 Å². The molecule has 5 aromatic rings. The fraction of sp³-hybridized carbons (Fsp3) is 0.300. The molecule has 0 radical (unpaired) electrons. The Bertz CT molecular complexity index is 2200. The minimum Gasteiger partial charge on any atom is -0.489 e. The van der Waals surface area contributed by atoms with Crippen molar-refractivity contribution < 1.29 is 22.5 Å². The number of rotatable bonds is 10. The molecule has 0 aliphatic heterocycles. The van der Waals surface area contributed by atoms with E-state index in [0.29, 0.717) is 43.9 Å². The minimum atomic E-state index is -4.03. The molecule has 1 N–H and O–H groups in total. The van der Waals surface area contributed by atoms with Crippen molar-refractivity contribution in [3.8, 4) is 17.0 Å². The van der Waals surface area contributed by atoms with Gasteiger partial charge in [0.1, 0.15) is 23.8 Å². The van der Waals surface area contributed by atoms with Crippen LogP contribution in [0.4, 0.5) is 0 Å². The number of nitrogens with zero attached hydrogens (tertiary/aromatic N) is 1. The number of benzene rings is 4. The summed E-state index contributed by atoms with van der Waals surface area (Å²) in [6, 6.07) is 24.8. The van der Waals surface area contributed by atoms with Gasteiger partial charge in [-0.3, -0.25) is 4.79 Å². The van der Waals surface area contributed by atoms with Crippen molar-refractivity contribution in [1.82, 2.24) is 9.88 Å². The van der Waals surface area contributed by atoms with Gasteiger partial charge < -0.3 is 9.26 Å². The lowest BCUT2D eigenvalue weighted by molar-refractivity contribution is 0.0981. The molecule has 7 nitrogen and oxygen atoms in total. The molecule has 51 heavy (non-hydrogen) atoms. The van der Waals surface area contributed by atoms with Gasteiger partial charge in [0, 0.05) is 22.1 Å². The summed E-state index contributed by atoms with van der Waals surface area (Å²) in [5, 5.41) is 5.92. The Morgan fingerprint density at radius 3 is 2.18 bits per heavy atom. The summed E-state index contributed by atoms with van der Waals surface area (Å²) in [4.78, 5) is 13.0. The molecule has 1 heterocycles. The van der Waals surface area contributed by atoms with Gasteiger partial charge in [0.15, 0.2) is 0 Å². The van der Waals surface area contributed by atoms with Crippen molar-refractivity contribution in [1.29, 1.82) is 0 Å². The van der Waals surface area contributed by atoms with E-state index in [2.05, 4.69) is 37.6 Å². The fourth-order valence-corrected chi connectivity index (χ4v) is 8.60. The van der Waals surface area contributed by atoms with Crippen LogP contribution in [-0.2, 0) is 22.0 Å². The SMILES string of the molecule is CC1C(c2ccc(C(=O)NS(=O)(=O)c3ccc(C(C)(C)C)cc3)cc2)C1c1ccc(OCc2c(-c3c(Cl)cccc3Cl)noc2C2CC2)cc1Cl. The molecule has 3 unspecified atom stereocenters. The smallest absolute Gasteiger partial charge is 0.264 e. The standard InChI is InChI=1S/C40H37Cl3N2O5S/c1-22-34(23-8-12-25(13-9-23)39(46)45-51(47,48)28-17-14-26(15-18-28)40(2,3)4)35(22)29-19-16-27(20-33(29)43)49-21-30-37(44-50-38(30)24-10-11-24)36-31(41)6-5-7-32(36)42/h5-9,12-20,22,24,34-35H,10-11,21H2,1-4H3,(H,45,46). The first-order valence-corrected chi connectivity index (χ1v) is 19.5. The number of nitrogens with one attached hydrogen (secondary N) is 1. The highest BCUT2D eigenvalue weighted by atomic mass is 35.5. The molecule has 0 bridgehead atoms. The molecule has 264 valence electrons. The number of aromatic nitrogens is 1. The Hall–Kier alpha value is -3.82. The molecule has 1 amide bonds. The van der Waals surface area contributed by atoms with Crippen molar-refractivity contribution in [2.75, 3.05) is 0 Å². The predicted molar refractivity (Wildman–Crippen MR) is 201 cm³/mol. The first kappa shape index (κ1) is 35.6. The summed E-state index contributed by atoms with van der Waals surface area (Å²) in [6.45, 7) is 8.54. The molecular formula is C40H37Cl3N2O5S. The summed E-state index contributed by atoms with van der Waals surface area (Å²) in [7, 11) is -4.03. The molecule has 11 heteroatoms. The molecule has 0 saturated heterocycles. The van der Waals surface area contributed by atoms with E-state index in [1.165, 1.54) is 12.1 Å². The van der Waals surface area contributed by atoms with Gasteiger partial charge in [-0.05, 0) is 101 Å². The lowest BCUT2D eigenvalue weighted by Crippen LogP contribution is -2.30. The number of carbonyl (C=O) groups excluding carboxylic acids is 1. The van der Waals surface area contributed by atoms with Crippen LogP contribution in [0.25, 0.3) is 11.3 Å². The average Bonchev–Trinajstić information content (AvgIpc) is 4.00.